The van der Waals surface area contributed by atoms with Gasteiger partial charge in [0.05, 0.1) is 24.1 Å². The first-order valence-corrected chi connectivity index (χ1v) is 14.8. The molecular formula is C32H32ClFN6O3. The van der Waals surface area contributed by atoms with E-state index in [1.54, 1.807) is 0 Å². The summed E-state index contributed by atoms with van der Waals surface area (Å²) < 4.78 is 26.4. The fourth-order valence-electron chi connectivity index (χ4n) is 6.14. The maximum atomic E-state index is 13.8. The maximum Gasteiger partial charge on any atom is 0.321 e. The Balaban J connectivity index is 1.35. The number of likely N-dealkylation sites (tertiary alicyclic amines) is 1. The molecule has 0 radical (unpaired) electrons. The fraction of sp³-hybridized carbons (Fsp3) is 0.375. The number of carbonyl (C=O) groups is 1. The van der Waals surface area contributed by atoms with Gasteiger partial charge in [0.2, 0.25) is 5.88 Å². The lowest BCUT2D eigenvalue weighted by Crippen LogP contribution is -2.55. The SMILES string of the molecule is C=C(F)C(=O)N1CCN(c2nc(OC[C@@H]3CCCN3C)nc3c2CC=C(c2cccc4cccc(Cl)c24)O3)C[C@@H]1CC#N. The standard InChI is InChI=1S/C32H32ClFN6O3/c1-20(34)31(41)40-17-16-39(18-22(40)13-14-35)29-25-11-12-27(24-9-3-6-21-7-4-10-26(33)28(21)24)43-30(25)37-32(36-29)42-19-23-8-5-15-38(23)2/h3-4,6-7,9-10,12,22-23H,1,5,8,11,13,15-19H2,2H3/t22-,23-/m0/s1. The largest absolute Gasteiger partial charge is 0.462 e. The fourth-order valence-corrected chi connectivity index (χ4v) is 6.42. The second-order valence-electron chi connectivity index (χ2n) is 11.1. The zero-order valence-corrected chi connectivity index (χ0v) is 24.7. The zero-order valence-electron chi connectivity index (χ0n) is 23.9. The first-order chi connectivity index (χ1) is 20.8. The summed E-state index contributed by atoms with van der Waals surface area (Å²) >= 11 is 6.62. The van der Waals surface area contributed by atoms with E-state index in [1.807, 2.05) is 47.4 Å². The van der Waals surface area contributed by atoms with Gasteiger partial charge in [0.1, 0.15) is 18.2 Å². The number of benzene rings is 2. The molecule has 0 N–H and O–H groups in total. The van der Waals surface area contributed by atoms with Gasteiger partial charge in [-0.15, -0.1) is 0 Å². The molecule has 11 heteroatoms. The summed E-state index contributed by atoms with van der Waals surface area (Å²) in [7, 11) is 2.08. The van der Waals surface area contributed by atoms with Crippen molar-refractivity contribution in [1.82, 2.24) is 19.8 Å². The smallest absolute Gasteiger partial charge is 0.321 e. The van der Waals surface area contributed by atoms with Crippen molar-refractivity contribution in [1.29, 1.82) is 5.26 Å². The molecule has 2 saturated heterocycles. The Morgan fingerprint density at radius 3 is 2.77 bits per heavy atom. The van der Waals surface area contributed by atoms with E-state index in [2.05, 4.69) is 24.6 Å². The minimum absolute atomic E-state index is 0.0442. The molecule has 3 aliphatic rings. The third kappa shape index (κ3) is 5.75. The number of ether oxygens (including phenoxy) is 2. The number of allylic oxidation sites excluding steroid dienone is 1. The number of hydrogen-bond acceptors (Lipinski definition) is 8. The minimum atomic E-state index is -1.04. The maximum absolute atomic E-state index is 13.8. The van der Waals surface area contributed by atoms with Gasteiger partial charge in [-0.3, -0.25) is 4.79 Å². The Bertz CT molecular complexity index is 1650. The van der Waals surface area contributed by atoms with Gasteiger partial charge in [0, 0.05) is 48.1 Å². The molecule has 0 aliphatic carbocycles. The van der Waals surface area contributed by atoms with Crippen molar-refractivity contribution in [2.24, 2.45) is 0 Å². The Labute approximate surface area is 254 Å². The Morgan fingerprint density at radius 1 is 1.21 bits per heavy atom. The van der Waals surface area contributed by atoms with Crippen LogP contribution in [-0.4, -0.2) is 77.6 Å². The third-order valence-corrected chi connectivity index (χ3v) is 8.74. The Kier molecular flexibility index (Phi) is 8.19. The third-order valence-electron chi connectivity index (χ3n) is 8.42. The first kappa shape index (κ1) is 28.9. The quantitative estimate of drug-likeness (QED) is 0.343. The zero-order chi connectivity index (χ0) is 30.1. The van der Waals surface area contributed by atoms with E-state index in [0.717, 1.165) is 41.3 Å². The lowest BCUT2D eigenvalue weighted by Gasteiger charge is -2.41. The van der Waals surface area contributed by atoms with Crippen LogP contribution < -0.4 is 14.4 Å². The topological polar surface area (TPSA) is 94.8 Å². The van der Waals surface area contributed by atoms with Crippen LogP contribution in [0, 0.1) is 11.3 Å². The van der Waals surface area contributed by atoms with Gasteiger partial charge >= 0.3 is 6.01 Å². The molecule has 4 heterocycles. The predicted octanol–water partition coefficient (Wildman–Crippen LogP) is 5.15. The van der Waals surface area contributed by atoms with Gasteiger partial charge in [0.25, 0.3) is 5.91 Å². The number of hydrogen-bond donors (Lipinski definition) is 0. The van der Waals surface area contributed by atoms with E-state index >= 15 is 0 Å². The number of nitriles is 1. The van der Waals surface area contributed by atoms with Crippen molar-refractivity contribution < 1.29 is 18.7 Å². The van der Waals surface area contributed by atoms with E-state index in [9.17, 15) is 14.4 Å². The van der Waals surface area contributed by atoms with E-state index in [1.165, 1.54) is 4.90 Å². The monoisotopic (exact) mass is 602 g/mol. The molecule has 43 heavy (non-hydrogen) atoms. The summed E-state index contributed by atoms with van der Waals surface area (Å²) in [6, 6.07) is 13.8. The van der Waals surface area contributed by atoms with E-state index in [4.69, 9.17) is 31.0 Å². The molecule has 222 valence electrons. The molecule has 2 aromatic carbocycles. The van der Waals surface area contributed by atoms with Gasteiger partial charge in [0.15, 0.2) is 5.83 Å². The highest BCUT2D eigenvalue weighted by molar-refractivity contribution is 6.36. The molecule has 0 spiro atoms. The molecular weight excluding hydrogens is 571 g/mol. The van der Waals surface area contributed by atoms with Crippen molar-refractivity contribution in [3.63, 3.8) is 0 Å². The normalized spacial score (nSPS) is 20.3. The van der Waals surface area contributed by atoms with Gasteiger partial charge in [-0.2, -0.15) is 15.2 Å². The molecule has 1 amide bonds. The number of piperazine rings is 1. The molecule has 6 rings (SSSR count). The van der Waals surface area contributed by atoms with Crippen LogP contribution in [0.15, 0.2) is 54.9 Å². The van der Waals surface area contributed by atoms with Crippen LogP contribution >= 0.6 is 11.6 Å². The average molecular weight is 603 g/mol. The molecule has 3 aromatic rings. The van der Waals surface area contributed by atoms with Crippen molar-refractivity contribution >= 4 is 39.9 Å². The van der Waals surface area contributed by atoms with Crippen molar-refractivity contribution in [3.05, 3.63) is 71.0 Å². The lowest BCUT2D eigenvalue weighted by molar-refractivity contribution is -0.131. The Morgan fingerprint density at radius 2 is 2.02 bits per heavy atom. The predicted molar refractivity (Wildman–Crippen MR) is 163 cm³/mol. The van der Waals surface area contributed by atoms with E-state index < -0.39 is 17.8 Å². The highest BCUT2D eigenvalue weighted by Gasteiger charge is 2.35. The number of nitrogens with zero attached hydrogens (tertiary/aromatic N) is 6. The summed E-state index contributed by atoms with van der Waals surface area (Å²) in [5.41, 5.74) is 1.63. The van der Waals surface area contributed by atoms with Crippen LogP contribution in [0.2, 0.25) is 5.02 Å². The van der Waals surface area contributed by atoms with Crippen LogP contribution in [0.5, 0.6) is 11.9 Å². The summed E-state index contributed by atoms with van der Waals surface area (Å²) in [6.45, 7) is 5.50. The molecule has 0 bridgehead atoms. The molecule has 9 nitrogen and oxygen atoms in total. The van der Waals surface area contributed by atoms with Crippen LogP contribution in [0.25, 0.3) is 16.5 Å². The van der Waals surface area contributed by atoms with Crippen LogP contribution in [0.3, 0.4) is 0 Å². The average Bonchev–Trinajstić information content (AvgIpc) is 3.43. The number of anilines is 1. The van der Waals surface area contributed by atoms with Gasteiger partial charge in [-0.25, -0.2) is 4.39 Å². The van der Waals surface area contributed by atoms with Gasteiger partial charge in [-0.05, 0) is 44.0 Å². The van der Waals surface area contributed by atoms with Gasteiger partial charge in [-0.1, -0.05) is 48.5 Å². The van der Waals surface area contributed by atoms with E-state index in [0.29, 0.717) is 42.1 Å². The second kappa shape index (κ2) is 12.2. The summed E-state index contributed by atoms with van der Waals surface area (Å²) in [6.07, 6.45) is 4.66. The number of aromatic nitrogens is 2. The molecule has 1 aromatic heterocycles. The van der Waals surface area contributed by atoms with Crippen molar-refractivity contribution in [3.8, 4) is 18.0 Å². The summed E-state index contributed by atoms with van der Waals surface area (Å²) in [5, 5.41) is 12.0. The van der Waals surface area contributed by atoms with Crippen LogP contribution in [-0.2, 0) is 11.2 Å². The highest BCUT2D eigenvalue weighted by Crippen LogP contribution is 2.39. The highest BCUT2D eigenvalue weighted by atomic mass is 35.5. The molecule has 2 fully saturated rings. The van der Waals surface area contributed by atoms with E-state index in [-0.39, 0.29) is 31.6 Å². The van der Waals surface area contributed by atoms with Gasteiger partial charge < -0.3 is 24.2 Å². The number of carbonyl (C=O) groups excluding carboxylic acids is 1. The molecule has 0 saturated carbocycles. The second-order valence-corrected chi connectivity index (χ2v) is 11.5. The Hall–Kier alpha value is -4.20. The summed E-state index contributed by atoms with van der Waals surface area (Å²) in [5.74, 6) is -0.201. The number of amides is 1. The number of halogens is 2. The number of likely N-dealkylation sites (N-methyl/N-ethyl adjacent to an activating group) is 1. The number of fused-ring (bicyclic) bond motifs is 2. The molecule has 0 unspecified atom stereocenters. The molecule has 2 atom stereocenters. The van der Waals surface area contributed by atoms with Crippen molar-refractivity contribution in [2.75, 3.05) is 44.7 Å². The van der Waals surface area contributed by atoms with Crippen molar-refractivity contribution in [2.45, 2.75) is 37.8 Å². The van der Waals surface area contributed by atoms with Crippen LogP contribution in [0.4, 0.5) is 10.2 Å². The summed E-state index contributed by atoms with van der Waals surface area (Å²) in [4.78, 5) is 27.6. The number of rotatable bonds is 7. The first-order valence-electron chi connectivity index (χ1n) is 14.4. The molecule has 3 aliphatic heterocycles. The lowest BCUT2D eigenvalue weighted by atomic mass is 10.0. The minimum Gasteiger partial charge on any atom is -0.462 e. The van der Waals surface area contributed by atoms with Crippen LogP contribution in [0.1, 0.15) is 30.4 Å².